The van der Waals surface area contributed by atoms with Crippen LogP contribution in [0.1, 0.15) is 34.1 Å². The van der Waals surface area contributed by atoms with Crippen molar-refractivity contribution in [2.45, 2.75) is 40.2 Å². The molecule has 0 aromatic heterocycles. The monoisotopic (exact) mass is 275 g/mol. The van der Waals surface area contributed by atoms with Crippen molar-refractivity contribution in [1.29, 1.82) is 0 Å². The summed E-state index contributed by atoms with van der Waals surface area (Å²) in [4.78, 5) is 22.9. The van der Waals surface area contributed by atoms with Crippen LogP contribution in [-0.4, -0.2) is 45.0 Å². The lowest BCUT2D eigenvalue weighted by molar-refractivity contribution is -0.153. The van der Waals surface area contributed by atoms with E-state index >= 15 is 0 Å². The van der Waals surface area contributed by atoms with E-state index in [0.29, 0.717) is 13.0 Å². The maximum absolute atomic E-state index is 11.6. The van der Waals surface area contributed by atoms with Gasteiger partial charge < -0.3 is 19.5 Å². The molecule has 0 fully saturated rings. The predicted molar refractivity (Wildman–Crippen MR) is 70.9 cm³/mol. The van der Waals surface area contributed by atoms with Crippen LogP contribution in [0.5, 0.6) is 0 Å². The molecule has 0 aliphatic carbocycles. The Morgan fingerprint density at radius 2 is 1.95 bits per heavy atom. The minimum absolute atomic E-state index is 0.135. The molecule has 0 spiro atoms. The standard InChI is InChI=1S/C13H25NO5/c1-6-13(3,4)11(15)18-8-7-14-12(16)19-10(2)9-17-5/h10H,6-9H2,1-5H3,(H,14,16). The summed E-state index contributed by atoms with van der Waals surface area (Å²) in [5, 5.41) is 2.50. The first-order valence-corrected chi connectivity index (χ1v) is 6.44. The molecule has 1 atom stereocenters. The molecule has 0 aliphatic heterocycles. The Labute approximate surface area is 114 Å². The van der Waals surface area contributed by atoms with Crippen molar-refractivity contribution in [1.82, 2.24) is 5.32 Å². The third-order valence-corrected chi connectivity index (χ3v) is 2.75. The van der Waals surface area contributed by atoms with Gasteiger partial charge in [-0.1, -0.05) is 6.92 Å². The smallest absolute Gasteiger partial charge is 0.407 e. The number of hydrogen-bond donors (Lipinski definition) is 1. The summed E-state index contributed by atoms with van der Waals surface area (Å²) in [5.41, 5.74) is -0.493. The summed E-state index contributed by atoms with van der Waals surface area (Å²) >= 11 is 0. The Morgan fingerprint density at radius 1 is 1.32 bits per heavy atom. The van der Waals surface area contributed by atoms with Gasteiger partial charge in [0, 0.05) is 7.11 Å². The van der Waals surface area contributed by atoms with Crippen molar-refractivity contribution in [3.8, 4) is 0 Å². The third kappa shape index (κ3) is 7.66. The molecule has 0 saturated carbocycles. The molecule has 1 unspecified atom stereocenters. The van der Waals surface area contributed by atoms with E-state index < -0.39 is 11.5 Å². The minimum Gasteiger partial charge on any atom is -0.463 e. The fourth-order valence-corrected chi connectivity index (χ4v) is 1.13. The molecule has 0 aliphatic rings. The highest BCUT2D eigenvalue weighted by Gasteiger charge is 2.26. The number of ether oxygens (including phenoxy) is 3. The van der Waals surface area contributed by atoms with Gasteiger partial charge in [-0.25, -0.2) is 4.79 Å². The highest BCUT2D eigenvalue weighted by atomic mass is 16.6. The van der Waals surface area contributed by atoms with Crippen LogP contribution in [-0.2, 0) is 19.0 Å². The van der Waals surface area contributed by atoms with E-state index in [9.17, 15) is 9.59 Å². The summed E-state index contributed by atoms with van der Waals surface area (Å²) in [7, 11) is 1.53. The second kappa shape index (κ2) is 8.74. The molecule has 1 N–H and O–H groups in total. The number of amides is 1. The third-order valence-electron chi connectivity index (χ3n) is 2.75. The molecule has 112 valence electrons. The maximum atomic E-state index is 11.6. The highest BCUT2D eigenvalue weighted by Crippen LogP contribution is 2.21. The lowest BCUT2D eigenvalue weighted by atomic mass is 9.91. The van der Waals surface area contributed by atoms with Crippen LogP contribution < -0.4 is 5.32 Å². The van der Waals surface area contributed by atoms with Gasteiger partial charge in [-0.05, 0) is 27.2 Å². The first-order chi connectivity index (χ1) is 8.83. The van der Waals surface area contributed by atoms with Crippen LogP contribution in [0.3, 0.4) is 0 Å². The fraction of sp³-hybridized carbons (Fsp3) is 0.846. The molecule has 0 bridgehead atoms. The van der Waals surface area contributed by atoms with Gasteiger partial charge in [0.2, 0.25) is 0 Å². The predicted octanol–water partition coefficient (Wildman–Crippen LogP) is 1.73. The van der Waals surface area contributed by atoms with Crippen molar-refractivity contribution in [2.75, 3.05) is 26.9 Å². The van der Waals surface area contributed by atoms with Crippen LogP contribution >= 0.6 is 0 Å². The number of nitrogens with one attached hydrogen (secondary N) is 1. The van der Waals surface area contributed by atoms with E-state index in [1.807, 2.05) is 20.8 Å². The van der Waals surface area contributed by atoms with Crippen LogP contribution in [0.25, 0.3) is 0 Å². The lowest BCUT2D eigenvalue weighted by Gasteiger charge is -2.20. The maximum Gasteiger partial charge on any atom is 0.407 e. The molecule has 6 nitrogen and oxygen atoms in total. The van der Waals surface area contributed by atoms with Gasteiger partial charge in [0.15, 0.2) is 0 Å². The van der Waals surface area contributed by atoms with E-state index in [1.165, 1.54) is 7.11 Å². The zero-order chi connectivity index (χ0) is 14.9. The second-order valence-corrected chi connectivity index (χ2v) is 4.97. The quantitative estimate of drug-likeness (QED) is 0.539. The normalized spacial score (nSPS) is 12.7. The number of carbonyl (C=O) groups excluding carboxylic acids is 2. The first kappa shape index (κ1) is 17.7. The summed E-state index contributed by atoms with van der Waals surface area (Å²) in [6, 6.07) is 0. The fourth-order valence-electron chi connectivity index (χ4n) is 1.13. The van der Waals surface area contributed by atoms with Gasteiger partial charge in [-0.2, -0.15) is 0 Å². The number of methoxy groups -OCH3 is 1. The largest absolute Gasteiger partial charge is 0.463 e. The minimum atomic E-state index is -0.546. The van der Waals surface area contributed by atoms with Crippen molar-refractivity contribution in [3.05, 3.63) is 0 Å². The zero-order valence-corrected chi connectivity index (χ0v) is 12.4. The molecule has 0 radical (unpaired) electrons. The second-order valence-electron chi connectivity index (χ2n) is 4.97. The summed E-state index contributed by atoms with van der Waals surface area (Å²) in [6.07, 6.45) is -0.155. The van der Waals surface area contributed by atoms with Crippen LogP contribution in [0.2, 0.25) is 0 Å². The first-order valence-electron chi connectivity index (χ1n) is 6.44. The van der Waals surface area contributed by atoms with Crippen molar-refractivity contribution >= 4 is 12.1 Å². The molecule has 0 rings (SSSR count). The Bertz CT molecular complexity index is 291. The highest BCUT2D eigenvalue weighted by molar-refractivity contribution is 5.75. The number of rotatable bonds is 8. The Kier molecular flexibility index (Phi) is 8.14. The van der Waals surface area contributed by atoms with Crippen LogP contribution in [0.15, 0.2) is 0 Å². The topological polar surface area (TPSA) is 73.9 Å². The van der Waals surface area contributed by atoms with Crippen LogP contribution in [0, 0.1) is 5.41 Å². The molecule has 19 heavy (non-hydrogen) atoms. The van der Waals surface area contributed by atoms with Crippen molar-refractivity contribution < 1.29 is 23.8 Å². The van der Waals surface area contributed by atoms with E-state index in [1.54, 1.807) is 6.92 Å². The zero-order valence-electron chi connectivity index (χ0n) is 12.4. The number of alkyl carbamates (subject to hydrolysis) is 1. The summed E-state index contributed by atoms with van der Waals surface area (Å²) in [6.45, 7) is 8.00. The van der Waals surface area contributed by atoms with Gasteiger partial charge in [0.1, 0.15) is 12.7 Å². The van der Waals surface area contributed by atoms with Gasteiger partial charge in [-0.15, -0.1) is 0 Å². The number of esters is 1. The summed E-state index contributed by atoms with van der Waals surface area (Å²) < 4.78 is 14.9. The van der Waals surface area contributed by atoms with Crippen molar-refractivity contribution in [2.24, 2.45) is 5.41 Å². The van der Waals surface area contributed by atoms with E-state index in [0.717, 1.165) is 0 Å². The summed E-state index contributed by atoms with van der Waals surface area (Å²) in [5.74, 6) is -0.266. The van der Waals surface area contributed by atoms with Crippen LogP contribution in [0.4, 0.5) is 4.79 Å². The average molecular weight is 275 g/mol. The molecule has 6 heteroatoms. The number of hydrogen-bond acceptors (Lipinski definition) is 5. The molecule has 0 aromatic rings. The molecule has 0 aromatic carbocycles. The average Bonchev–Trinajstić information content (AvgIpc) is 2.34. The van der Waals surface area contributed by atoms with E-state index in [4.69, 9.17) is 14.2 Å². The van der Waals surface area contributed by atoms with E-state index in [2.05, 4.69) is 5.32 Å². The molecule has 0 heterocycles. The molecular formula is C13H25NO5. The van der Waals surface area contributed by atoms with Gasteiger partial charge in [0.05, 0.1) is 18.6 Å². The number of carbonyl (C=O) groups is 2. The van der Waals surface area contributed by atoms with Gasteiger partial charge in [0.25, 0.3) is 0 Å². The molecule has 0 saturated heterocycles. The molecular weight excluding hydrogens is 250 g/mol. The Morgan fingerprint density at radius 3 is 2.47 bits per heavy atom. The van der Waals surface area contributed by atoms with Gasteiger partial charge >= 0.3 is 12.1 Å². The SMILES string of the molecule is CCC(C)(C)C(=O)OCCNC(=O)OC(C)COC. The molecule has 1 amide bonds. The van der Waals surface area contributed by atoms with E-state index in [-0.39, 0.29) is 25.2 Å². The Hall–Kier alpha value is -1.30. The van der Waals surface area contributed by atoms with Gasteiger partial charge in [-0.3, -0.25) is 4.79 Å². The lowest BCUT2D eigenvalue weighted by Crippen LogP contribution is -2.34. The van der Waals surface area contributed by atoms with Crippen molar-refractivity contribution in [3.63, 3.8) is 0 Å². The Balaban J connectivity index is 3.75.